The molecular formula is C18H26ClN3O2. The van der Waals surface area contributed by atoms with E-state index in [1.165, 1.54) is 0 Å². The maximum absolute atomic E-state index is 12.8. The van der Waals surface area contributed by atoms with Crippen molar-refractivity contribution in [2.45, 2.75) is 45.2 Å². The van der Waals surface area contributed by atoms with Gasteiger partial charge in [0.1, 0.15) is 6.04 Å². The summed E-state index contributed by atoms with van der Waals surface area (Å²) >= 11 is 5.84. The molecule has 1 aromatic rings. The molecular weight excluding hydrogens is 326 g/mol. The zero-order valence-corrected chi connectivity index (χ0v) is 15.1. The van der Waals surface area contributed by atoms with Crippen LogP contribution in [0.3, 0.4) is 0 Å². The van der Waals surface area contributed by atoms with Crippen LogP contribution in [-0.4, -0.2) is 48.4 Å². The van der Waals surface area contributed by atoms with E-state index in [0.29, 0.717) is 10.6 Å². The molecule has 0 spiro atoms. The third kappa shape index (κ3) is 4.95. The Morgan fingerprint density at radius 1 is 1.29 bits per heavy atom. The summed E-state index contributed by atoms with van der Waals surface area (Å²) in [5.74, 6) is -0.264. The lowest BCUT2D eigenvalue weighted by atomic mass is 10.0. The summed E-state index contributed by atoms with van der Waals surface area (Å²) in [5, 5.41) is 6.70. The van der Waals surface area contributed by atoms with Gasteiger partial charge in [0.2, 0.25) is 5.91 Å². The second-order valence-corrected chi connectivity index (χ2v) is 6.65. The van der Waals surface area contributed by atoms with Gasteiger partial charge in [-0.15, -0.1) is 0 Å². The van der Waals surface area contributed by atoms with Crippen LogP contribution in [0.15, 0.2) is 24.3 Å². The first-order valence-corrected chi connectivity index (χ1v) is 8.98. The van der Waals surface area contributed by atoms with Crippen LogP contribution in [0.1, 0.15) is 43.5 Å². The van der Waals surface area contributed by atoms with Crippen molar-refractivity contribution >= 4 is 23.4 Å². The molecule has 1 atom stereocenters. The predicted molar refractivity (Wildman–Crippen MR) is 96.3 cm³/mol. The normalized spacial score (nSPS) is 16.5. The van der Waals surface area contributed by atoms with Crippen LogP contribution in [0.2, 0.25) is 5.02 Å². The summed E-state index contributed by atoms with van der Waals surface area (Å²) in [6.07, 6.45) is 2.83. The minimum atomic E-state index is -0.547. The Morgan fingerprint density at radius 3 is 2.50 bits per heavy atom. The molecule has 1 saturated heterocycles. The van der Waals surface area contributed by atoms with Crippen molar-refractivity contribution in [3.8, 4) is 0 Å². The second kappa shape index (κ2) is 9.04. The van der Waals surface area contributed by atoms with Crippen LogP contribution < -0.4 is 10.6 Å². The monoisotopic (exact) mass is 351 g/mol. The summed E-state index contributed by atoms with van der Waals surface area (Å²) in [6.45, 7) is 6.41. The number of amides is 2. The first-order valence-electron chi connectivity index (χ1n) is 8.60. The SMILES string of the molecule is CCCN(C(=O)C(C)NC(=O)c1ccc(Cl)cc1)C1CCNCC1. The predicted octanol–water partition coefficient (Wildman–Crippen LogP) is 2.45. The van der Waals surface area contributed by atoms with E-state index in [1.54, 1.807) is 31.2 Å². The molecule has 6 heteroatoms. The van der Waals surface area contributed by atoms with E-state index in [0.717, 1.165) is 38.9 Å². The van der Waals surface area contributed by atoms with Gasteiger partial charge in [0.25, 0.3) is 5.91 Å². The average Bonchev–Trinajstić information content (AvgIpc) is 2.60. The number of hydrogen-bond donors (Lipinski definition) is 2. The molecule has 0 radical (unpaired) electrons. The van der Waals surface area contributed by atoms with Crippen molar-refractivity contribution in [2.24, 2.45) is 0 Å². The van der Waals surface area contributed by atoms with Gasteiger partial charge in [0.05, 0.1) is 0 Å². The van der Waals surface area contributed by atoms with Gasteiger partial charge in [-0.25, -0.2) is 0 Å². The van der Waals surface area contributed by atoms with Crippen LogP contribution in [0.25, 0.3) is 0 Å². The maximum Gasteiger partial charge on any atom is 0.251 e. The highest BCUT2D eigenvalue weighted by atomic mass is 35.5. The number of halogens is 1. The fraction of sp³-hybridized carbons (Fsp3) is 0.556. The summed E-state index contributed by atoms with van der Waals surface area (Å²) in [6, 6.07) is 6.36. The molecule has 1 heterocycles. The molecule has 24 heavy (non-hydrogen) atoms. The summed E-state index contributed by atoms with van der Waals surface area (Å²) in [7, 11) is 0. The van der Waals surface area contributed by atoms with Crippen LogP contribution in [0, 0.1) is 0 Å². The van der Waals surface area contributed by atoms with Crippen molar-refractivity contribution < 1.29 is 9.59 Å². The van der Waals surface area contributed by atoms with Gasteiger partial charge in [-0.3, -0.25) is 9.59 Å². The lowest BCUT2D eigenvalue weighted by Gasteiger charge is -2.36. The lowest BCUT2D eigenvalue weighted by Crippen LogP contribution is -2.53. The largest absolute Gasteiger partial charge is 0.341 e. The standard InChI is InChI=1S/C18H26ClN3O2/c1-3-12-22(16-8-10-20-11-9-16)18(24)13(2)21-17(23)14-4-6-15(19)7-5-14/h4-7,13,16,20H,3,8-12H2,1-2H3,(H,21,23). The number of piperidine rings is 1. The Bertz CT molecular complexity index is 556. The van der Waals surface area contributed by atoms with Gasteiger partial charge in [0.15, 0.2) is 0 Å². The third-order valence-corrected chi connectivity index (χ3v) is 4.57. The first kappa shape index (κ1) is 18.7. The third-order valence-electron chi connectivity index (χ3n) is 4.32. The Labute approximate surface area is 148 Å². The van der Waals surface area contributed by atoms with E-state index < -0.39 is 6.04 Å². The molecule has 0 saturated carbocycles. The second-order valence-electron chi connectivity index (χ2n) is 6.21. The average molecular weight is 352 g/mol. The minimum absolute atomic E-state index is 0.00827. The van der Waals surface area contributed by atoms with Gasteiger partial charge < -0.3 is 15.5 Å². The lowest BCUT2D eigenvalue weighted by molar-refractivity contribution is -0.135. The smallest absolute Gasteiger partial charge is 0.251 e. The van der Waals surface area contributed by atoms with Crippen molar-refractivity contribution in [2.75, 3.05) is 19.6 Å². The zero-order valence-electron chi connectivity index (χ0n) is 14.3. The Morgan fingerprint density at radius 2 is 1.92 bits per heavy atom. The molecule has 1 unspecified atom stereocenters. The van der Waals surface area contributed by atoms with E-state index in [2.05, 4.69) is 17.6 Å². The van der Waals surface area contributed by atoms with Gasteiger partial charge >= 0.3 is 0 Å². The molecule has 1 aliphatic rings. The highest BCUT2D eigenvalue weighted by Gasteiger charge is 2.28. The van der Waals surface area contributed by atoms with Gasteiger partial charge in [0, 0.05) is 23.2 Å². The molecule has 0 aromatic heterocycles. The summed E-state index contributed by atoms with van der Waals surface area (Å²) in [5.41, 5.74) is 0.503. The van der Waals surface area contributed by atoms with Gasteiger partial charge in [-0.05, 0) is 63.5 Å². The van der Waals surface area contributed by atoms with E-state index in [4.69, 9.17) is 11.6 Å². The van der Waals surface area contributed by atoms with Crippen LogP contribution >= 0.6 is 11.6 Å². The van der Waals surface area contributed by atoms with E-state index in [-0.39, 0.29) is 17.9 Å². The quantitative estimate of drug-likeness (QED) is 0.827. The maximum atomic E-state index is 12.8. The molecule has 2 amide bonds. The van der Waals surface area contributed by atoms with Crippen molar-refractivity contribution in [3.05, 3.63) is 34.9 Å². The number of hydrogen-bond acceptors (Lipinski definition) is 3. The van der Waals surface area contributed by atoms with Gasteiger partial charge in [-0.2, -0.15) is 0 Å². The highest BCUT2D eigenvalue weighted by Crippen LogP contribution is 2.14. The zero-order chi connectivity index (χ0) is 17.5. The summed E-state index contributed by atoms with van der Waals surface area (Å²) < 4.78 is 0. The molecule has 1 aromatic carbocycles. The fourth-order valence-corrected chi connectivity index (χ4v) is 3.15. The van der Waals surface area contributed by atoms with Crippen LogP contribution in [0.5, 0.6) is 0 Å². The Kier molecular flexibility index (Phi) is 7.06. The molecule has 1 fully saturated rings. The minimum Gasteiger partial charge on any atom is -0.341 e. The summed E-state index contributed by atoms with van der Waals surface area (Å²) in [4.78, 5) is 27.1. The van der Waals surface area contributed by atoms with Gasteiger partial charge in [-0.1, -0.05) is 18.5 Å². The number of carbonyl (C=O) groups is 2. The highest BCUT2D eigenvalue weighted by molar-refractivity contribution is 6.30. The van der Waals surface area contributed by atoms with Crippen LogP contribution in [0.4, 0.5) is 0 Å². The van der Waals surface area contributed by atoms with Crippen molar-refractivity contribution in [1.29, 1.82) is 0 Å². The Balaban J connectivity index is 1.99. The molecule has 2 rings (SSSR count). The first-order chi connectivity index (χ1) is 11.5. The Hall–Kier alpha value is -1.59. The number of nitrogens with zero attached hydrogens (tertiary/aromatic N) is 1. The molecule has 5 nitrogen and oxygen atoms in total. The number of nitrogens with one attached hydrogen (secondary N) is 2. The van der Waals surface area contributed by atoms with Crippen molar-refractivity contribution in [1.82, 2.24) is 15.5 Å². The van der Waals surface area contributed by atoms with E-state index >= 15 is 0 Å². The van der Waals surface area contributed by atoms with Crippen LogP contribution in [-0.2, 0) is 4.79 Å². The fourth-order valence-electron chi connectivity index (χ4n) is 3.02. The molecule has 1 aliphatic heterocycles. The molecule has 0 aliphatic carbocycles. The number of benzene rings is 1. The van der Waals surface area contributed by atoms with Crippen molar-refractivity contribution in [3.63, 3.8) is 0 Å². The molecule has 132 valence electrons. The number of rotatable bonds is 6. The topological polar surface area (TPSA) is 61.4 Å². The number of carbonyl (C=O) groups excluding carboxylic acids is 2. The van der Waals surface area contributed by atoms with E-state index in [1.807, 2.05) is 4.90 Å². The molecule has 2 N–H and O–H groups in total. The molecule has 0 bridgehead atoms. The van der Waals surface area contributed by atoms with E-state index in [9.17, 15) is 9.59 Å².